The molecule has 3 aromatic rings. The second kappa shape index (κ2) is 10.3. The fourth-order valence-electron chi connectivity index (χ4n) is 4.25. The first-order chi connectivity index (χ1) is 18.3. The molecule has 0 radical (unpaired) electrons. The van der Waals surface area contributed by atoms with E-state index in [-0.39, 0.29) is 28.8 Å². The summed E-state index contributed by atoms with van der Waals surface area (Å²) in [5.41, 5.74) is 8.58. The Bertz CT molecular complexity index is 1500. The number of hydrogen-bond acceptors (Lipinski definition) is 11. The zero-order valence-electron chi connectivity index (χ0n) is 20.2. The summed E-state index contributed by atoms with van der Waals surface area (Å²) in [6.07, 6.45) is 3.66. The smallest absolute Gasteiger partial charge is 0.276 e. The number of hydrogen-bond donors (Lipinski definition) is 3. The highest BCUT2D eigenvalue weighted by Crippen LogP contribution is 2.40. The van der Waals surface area contributed by atoms with E-state index >= 15 is 0 Å². The van der Waals surface area contributed by atoms with Crippen LogP contribution < -0.4 is 20.7 Å². The summed E-state index contributed by atoms with van der Waals surface area (Å²) < 4.78 is 1.83. The van der Waals surface area contributed by atoms with Gasteiger partial charge in [0.15, 0.2) is 29.8 Å². The largest absolute Gasteiger partial charge is 0.543 e. The van der Waals surface area contributed by atoms with E-state index in [2.05, 4.69) is 25.7 Å². The number of H-pyrrole nitrogens is 1. The monoisotopic (exact) mass is 554 g/mol. The van der Waals surface area contributed by atoms with Crippen molar-refractivity contribution >= 4 is 51.7 Å². The van der Waals surface area contributed by atoms with Crippen LogP contribution in [0.5, 0.6) is 0 Å². The first-order valence-electron chi connectivity index (χ1n) is 11.3. The lowest BCUT2D eigenvalue weighted by Gasteiger charge is -2.50. The molecule has 5 heterocycles. The zero-order chi connectivity index (χ0) is 27.0. The molecule has 3 aromatic heterocycles. The van der Waals surface area contributed by atoms with Crippen LogP contribution in [0.4, 0.5) is 5.13 Å². The standard InChI is InChI=1S/C23H22N8O5S2/c1-11-6-14(28-27-11)12-4-3-5-30(7-12)8-13-9-37-21-17(20(33)31(21)18(13)22(34)35)26-19(32)16(29-36-2)15-10-38-23(24)25-15/h3-7,10,17,21H,8-9H2,1-2H3,(H4-,24,25,26,27,28,32,34,35)/b29-16-/t17-,21-/m1/s1. The molecule has 15 heteroatoms. The van der Waals surface area contributed by atoms with Crippen LogP contribution in [0.3, 0.4) is 0 Å². The third-order valence-electron chi connectivity index (χ3n) is 5.92. The summed E-state index contributed by atoms with van der Waals surface area (Å²) in [7, 11) is 1.28. The molecule has 2 aliphatic heterocycles. The number of anilines is 1. The fourth-order valence-corrected chi connectivity index (χ4v) is 6.14. The van der Waals surface area contributed by atoms with Gasteiger partial charge in [0.2, 0.25) is 0 Å². The molecule has 1 fully saturated rings. The summed E-state index contributed by atoms with van der Waals surface area (Å²) in [6.45, 7) is 2.14. The van der Waals surface area contributed by atoms with E-state index in [9.17, 15) is 19.5 Å². The van der Waals surface area contributed by atoms with E-state index in [4.69, 9.17) is 10.6 Å². The molecular weight excluding hydrogens is 532 g/mol. The number of aromatic amines is 1. The predicted octanol–water partition coefficient (Wildman–Crippen LogP) is -0.834. The number of thioether (sulfide) groups is 1. The number of oxime groups is 1. The Hall–Kier alpha value is -4.24. The third kappa shape index (κ3) is 4.72. The van der Waals surface area contributed by atoms with Crippen LogP contribution in [-0.4, -0.2) is 67.9 Å². The predicted molar refractivity (Wildman–Crippen MR) is 136 cm³/mol. The van der Waals surface area contributed by atoms with Gasteiger partial charge in [-0.05, 0) is 19.1 Å². The van der Waals surface area contributed by atoms with Crippen molar-refractivity contribution in [3.8, 4) is 11.3 Å². The Morgan fingerprint density at radius 3 is 2.92 bits per heavy atom. The van der Waals surface area contributed by atoms with Crippen molar-refractivity contribution in [3.63, 3.8) is 0 Å². The number of carbonyl (C=O) groups is 3. The van der Waals surface area contributed by atoms with Crippen molar-refractivity contribution in [1.29, 1.82) is 0 Å². The van der Waals surface area contributed by atoms with Gasteiger partial charge in [-0.1, -0.05) is 5.16 Å². The van der Waals surface area contributed by atoms with E-state index in [1.165, 1.54) is 23.8 Å². The molecular formula is C23H22N8O5S2. The third-order valence-corrected chi connectivity index (χ3v) is 7.94. The minimum atomic E-state index is -1.46. The van der Waals surface area contributed by atoms with Gasteiger partial charge in [0, 0.05) is 28.5 Å². The molecule has 13 nitrogen and oxygen atoms in total. The van der Waals surface area contributed by atoms with Crippen LogP contribution in [0, 0.1) is 6.92 Å². The lowest BCUT2D eigenvalue weighted by Crippen LogP contribution is -2.71. The maximum atomic E-state index is 13.1. The zero-order valence-corrected chi connectivity index (χ0v) is 21.8. The van der Waals surface area contributed by atoms with Gasteiger partial charge in [-0.15, -0.1) is 23.1 Å². The molecule has 0 aliphatic carbocycles. The van der Waals surface area contributed by atoms with Crippen LogP contribution >= 0.6 is 23.1 Å². The topological polar surface area (TPSA) is 183 Å². The molecule has 38 heavy (non-hydrogen) atoms. The fraction of sp³-hybridized carbons (Fsp3) is 0.261. The van der Waals surface area contributed by atoms with Gasteiger partial charge in [0.05, 0.1) is 22.9 Å². The molecule has 0 bridgehead atoms. The molecule has 0 spiro atoms. The lowest BCUT2D eigenvalue weighted by molar-refractivity contribution is -0.688. The van der Waals surface area contributed by atoms with Gasteiger partial charge >= 0.3 is 0 Å². The van der Waals surface area contributed by atoms with Crippen molar-refractivity contribution in [3.05, 3.63) is 58.6 Å². The number of aromatic nitrogens is 4. The number of aryl methyl sites for hydroxylation is 1. The van der Waals surface area contributed by atoms with Crippen molar-refractivity contribution < 1.29 is 28.9 Å². The minimum Gasteiger partial charge on any atom is -0.543 e. The first-order valence-corrected chi connectivity index (χ1v) is 13.2. The van der Waals surface area contributed by atoms with Gasteiger partial charge in [0.1, 0.15) is 24.2 Å². The maximum Gasteiger partial charge on any atom is 0.276 e. The second-order valence-electron chi connectivity index (χ2n) is 8.50. The van der Waals surface area contributed by atoms with Crippen molar-refractivity contribution in [2.45, 2.75) is 24.9 Å². The molecule has 2 aliphatic rings. The number of carboxylic acid groups (broad SMARTS) is 1. The summed E-state index contributed by atoms with van der Waals surface area (Å²) in [5.74, 6) is -2.39. The molecule has 0 saturated carbocycles. The Kier molecular flexibility index (Phi) is 6.86. The number of aliphatic carboxylic acids is 1. The number of nitrogens with one attached hydrogen (secondary N) is 2. The van der Waals surface area contributed by atoms with E-state index in [1.807, 2.05) is 42.1 Å². The van der Waals surface area contributed by atoms with E-state index in [1.54, 1.807) is 5.38 Å². The summed E-state index contributed by atoms with van der Waals surface area (Å²) in [6, 6.07) is 4.69. The van der Waals surface area contributed by atoms with Crippen molar-refractivity contribution in [2.75, 3.05) is 18.6 Å². The van der Waals surface area contributed by atoms with Gasteiger partial charge < -0.3 is 25.8 Å². The highest BCUT2D eigenvalue weighted by Gasteiger charge is 2.53. The Morgan fingerprint density at radius 1 is 1.45 bits per heavy atom. The highest BCUT2D eigenvalue weighted by atomic mass is 32.2. The van der Waals surface area contributed by atoms with Crippen molar-refractivity contribution in [2.24, 2.45) is 5.16 Å². The van der Waals surface area contributed by atoms with Gasteiger partial charge in [-0.25, -0.2) is 9.55 Å². The number of carbonyl (C=O) groups excluding carboxylic acids is 3. The number of carboxylic acids is 1. The molecule has 0 aromatic carbocycles. The molecule has 1 saturated heterocycles. The number of β-lactam (4-membered cyclic amide) rings is 1. The number of fused-ring (bicyclic) bond motifs is 1. The minimum absolute atomic E-state index is 0.146. The van der Waals surface area contributed by atoms with Gasteiger partial charge in [0.25, 0.3) is 11.8 Å². The summed E-state index contributed by atoms with van der Waals surface area (Å²) >= 11 is 2.47. The highest BCUT2D eigenvalue weighted by molar-refractivity contribution is 8.00. The van der Waals surface area contributed by atoms with E-state index < -0.39 is 29.2 Å². The molecule has 0 unspecified atom stereocenters. The molecule has 196 valence electrons. The molecule has 4 N–H and O–H groups in total. The number of amides is 2. The Labute approximate surface area is 224 Å². The van der Waals surface area contributed by atoms with Crippen LogP contribution in [-0.2, 0) is 25.8 Å². The van der Waals surface area contributed by atoms with Gasteiger partial charge in [-0.3, -0.25) is 19.6 Å². The van der Waals surface area contributed by atoms with Crippen LogP contribution in [0.25, 0.3) is 11.3 Å². The first kappa shape index (κ1) is 25.4. The number of pyridine rings is 1. The molecule has 5 rings (SSSR count). The van der Waals surface area contributed by atoms with Crippen molar-refractivity contribution in [1.82, 2.24) is 25.4 Å². The quantitative estimate of drug-likeness (QED) is 0.138. The average Bonchev–Trinajstić information content (AvgIpc) is 3.53. The Balaban J connectivity index is 1.35. The molecule has 2 amide bonds. The summed E-state index contributed by atoms with van der Waals surface area (Å²) in [4.78, 5) is 48.1. The SMILES string of the molecule is CO/N=C(\C(=O)N[C@@H]1C(=O)N2C(C(=O)[O-])=C(C[n+]3cccc(-c4cc(C)[nH]n4)c3)CS[C@H]12)c1csc(N)n1. The number of nitrogen functional groups attached to an aromatic ring is 1. The molecule has 2 atom stereocenters. The summed E-state index contributed by atoms with van der Waals surface area (Å²) in [5, 5.41) is 26.8. The average molecular weight is 555 g/mol. The number of rotatable bonds is 8. The van der Waals surface area contributed by atoms with Gasteiger partial charge in [-0.2, -0.15) is 5.10 Å². The van der Waals surface area contributed by atoms with Crippen LogP contribution in [0.1, 0.15) is 11.4 Å². The second-order valence-corrected chi connectivity index (χ2v) is 10.5. The Morgan fingerprint density at radius 2 is 2.26 bits per heavy atom. The van der Waals surface area contributed by atoms with Crippen LogP contribution in [0.15, 0.2) is 52.4 Å². The normalized spacial score (nSPS) is 19.2. The van der Waals surface area contributed by atoms with E-state index in [0.717, 1.165) is 28.3 Å². The van der Waals surface area contributed by atoms with Crippen LogP contribution in [0.2, 0.25) is 0 Å². The van der Waals surface area contributed by atoms with E-state index in [0.29, 0.717) is 11.3 Å². The lowest BCUT2D eigenvalue weighted by atomic mass is 10.0. The number of thiazole rings is 1. The number of nitrogens with zero attached hydrogens (tertiary/aromatic N) is 5. The maximum absolute atomic E-state index is 13.1. The number of nitrogens with two attached hydrogens (primary N) is 1.